The Bertz CT molecular complexity index is 663. The van der Waals surface area contributed by atoms with Crippen LogP contribution in [0.25, 0.3) is 4.96 Å². The monoisotopic (exact) mass is 373 g/mol. The van der Waals surface area contributed by atoms with E-state index in [1.165, 1.54) is 12.1 Å². The van der Waals surface area contributed by atoms with Crippen LogP contribution in [0, 0.1) is 9.39 Å². The van der Waals surface area contributed by atoms with Crippen LogP contribution >= 0.6 is 33.9 Å². The van der Waals surface area contributed by atoms with Crippen molar-refractivity contribution in [1.82, 2.24) is 9.38 Å². The summed E-state index contributed by atoms with van der Waals surface area (Å²) in [5.74, 6) is -0.215. The molecule has 3 rings (SSSR count). The molecule has 3 aromatic rings. The van der Waals surface area contributed by atoms with Crippen LogP contribution in [0.15, 0.2) is 36.0 Å². The fourth-order valence-electron chi connectivity index (χ4n) is 1.68. The van der Waals surface area contributed by atoms with Gasteiger partial charge in [0.05, 0.1) is 12.2 Å². The number of aromatic nitrogens is 2. The van der Waals surface area contributed by atoms with Crippen molar-refractivity contribution in [3.05, 3.63) is 51.1 Å². The van der Waals surface area contributed by atoms with Gasteiger partial charge in [0.1, 0.15) is 5.82 Å². The molecular weight excluding hydrogens is 364 g/mol. The number of nitrogens with one attached hydrogen (secondary N) is 1. The highest BCUT2D eigenvalue weighted by Gasteiger charge is 2.04. The number of imidazole rings is 1. The maximum absolute atomic E-state index is 13.0. The molecule has 0 bridgehead atoms. The van der Waals surface area contributed by atoms with Crippen LogP contribution in [0.1, 0.15) is 5.69 Å². The maximum atomic E-state index is 13.0. The number of hydrogen-bond acceptors (Lipinski definition) is 3. The lowest BCUT2D eigenvalue weighted by Gasteiger charge is -2.06. The van der Waals surface area contributed by atoms with E-state index < -0.39 is 0 Å². The molecule has 3 nitrogen and oxygen atoms in total. The van der Waals surface area contributed by atoms with E-state index in [1.54, 1.807) is 17.4 Å². The molecule has 0 aliphatic carbocycles. The van der Waals surface area contributed by atoms with Gasteiger partial charge in [0.25, 0.3) is 0 Å². The Morgan fingerprint density at radius 3 is 3.11 bits per heavy atom. The van der Waals surface area contributed by atoms with E-state index in [1.807, 2.05) is 22.2 Å². The third-order valence-corrected chi connectivity index (χ3v) is 4.20. The van der Waals surface area contributed by atoms with Gasteiger partial charge in [-0.05, 0) is 40.8 Å². The van der Waals surface area contributed by atoms with E-state index in [4.69, 9.17) is 0 Å². The summed E-state index contributed by atoms with van der Waals surface area (Å²) in [6.07, 6.45) is 3.98. The third-order valence-electron chi connectivity index (χ3n) is 2.53. The zero-order valence-corrected chi connectivity index (χ0v) is 12.2. The topological polar surface area (TPSA) is 29.3 Å². The van der Waals surface area contributed by atoms with Crippen molar-refractivity contribution >= 4 is 44.6 Å². The van der Waals surface area contributed by atoms with Gasteiger partial charge in [-0.1, -0.05) is 0 Å². The molecule has 92 valence electrons. The van der Waals surface area contributed by atoms with Crippen molar-refractivity contribution in [2.45, 2.75) is 6.54 Å². The van der Waals surface area contributed by atoms with Crippen molar-refractivity contribution in [1.29, 1.82) is 0 Å². The number of halogens is 2. The molecule has 2 aromatic heterocycles. The Morgan fingerprint density at radius 1 is 1.44 bits per heavy atom. The minimum Gasteiger partial charge on any atom is -0.378 e. The standard InChI is InChI=1S/C12H9FIN3S/c13-8-1-2-11(10(14)5-8)15-6-9-7-17-3-4-18-12(17)16-9/h1-5,7,15H,6H2. The second kappa shape index (κ2) is 4.85. The van der Waals surface area contributed by atoms with Gasteiger partial charge in [0, 0.05) is 27.0 Å². The molecule has 0 amide bonds. The van der Waals surface area contributed by atoms with Crippen molar-refractivity contribution in [3.8, 4) is 0 Å². The van der Waals surface area contributed by atoms with Gasteiger partial charge in [0.15, 0.2) is 4.96 Å². The lowest BCUT2D eigenvalue weighted by Crippen LogP contribution is -2.01. The number of fused-ring (bicyclic) bond motifs is 1. The van der Waals surface area contributed by atoms with Gasteiger partial charge in [-0.25, -0.2) is 9.37 Å². The fourth-order valence-corrected chi connectivity index (χ4v) is 3.07. The number of anilines is 1. The quantitative estimate of drug-likeness (QED) is 0.709. The molecule has 0 saturated carbocycles. The number of rotatable bonds is 3. The van der Waals surface area contributed by atoms with Crippen LogP contribution in [-0.4, -0.2) is 9.38 Å². The molecule has 0 aliphatic heterocycles. The van der Waals surface area contributed by atoms with E-state index in [0.29, 0.717) is 6.54 Å². The SMILES string of the molecule is Fc1ccc(NCc2cn3ccsc3n2)c(I)c1. The molecule has 0 aliphatic rings. The summed E-state index contributed by atoms with van der Waals surface area (Å²) in [6.45, 7) is 0.635. The van der Waals surface area contributed by atoms with Gasteiger partial charge in [-0.3, -0.25) is 4.40 Å². The highest BCUT2D eigenvalue weighted by Crippen LogP contribution is 2.20. The van der Waals surface area contributed by atoms with Crippen LogP contribution < -0.4 is 5.32 Å². The summed E-state index contributed by atoms with van der Waals surface area (Å²) in [5.41, 5.74) is 1.90. The Morgan fingerprint density at radius 2 is 2.33 bits per heavy atom. The molecule has 0 unspecified atom stereocenters. The minimum atomic E-state index is -0.215. The molecule has 0 fully saturated rings. The van der Waals surface area contributed by atoms with E-state index in [2.05, 4.69) is 32.9 Å². The number of thiazole rings is 1. The Kier molecular flexibility index (Phi) is 3.21. The smallest absolute Gasteiger partial charge is 0.193 e. The number of benzene rings is 1. The predicted molar refractivity (Wildman–Crippen MR) is 79.5 cm³/mol. The van der Waals surface area contributed by atoms with Crippen LogP contribution in [-0.2, 0) is 6.54 Å². The van der Waals surface area contributed by atoms with Gasteiger partial charge < -0.3 is 5.32 Å². The van der Waals surface area contributed by atoms with Crippen LogP contribution in [0.5, 0.6) is 0 Å². The van der Waals surface area contributed by atoms with Crippen LogP contribution in [0.2, 0.25) is 0 Å². The first-order valence-electron chi connectivity index (χ1n) is 5.32. The molecule has 0 saturated heterocycles. The fraction of sp³-hybridized carbons (Fsp3) is 0.0833. The van der Waals surface area contributed by atoms with Crippen LogP contribution in [0.4, 0.5) is 10.1 Å². The number of hydrogen-bond donors (Lipinski definition) is 1. The van der Waals surface area contributed by atoms with Gasteiger partial charge in [0.2, 0.25) is 0 Å². The zero-order chi connectivity index (χ0) is 12.5. The first kappa shape index (κ1) is 11.9. The molecule has 1 aromatic carbocycles. The average molecular weight is 373 g/mol. The molecule has 0 atom stereocenters. The molecule has 6 heteroatoms. The summed E-state index contributed by atoms with van der Waals surface area (Å²) in [5, 5.41) is 5.26. The third kappa shape index (κ3) is 2.35. The molecule has 2 heterocycles. The Hall–Kier alpha value is -1.15. The second-order valence-electron chi connectivity index (χ2n) is 3.80. The maximum Gasteiger partial charge on any atom is 0.193 e. The van der Waals surface area contributed by atoms with E-state index in [-0.39, 0.29) is 5.82 Å². The Labute approximate surface area is 121 Å². The van der Waals surface area contributed by atoms with Gasteiger partial charge in [-0.15, -0.1) is 11.3 Å². The Balaban J connectivity index is 1.76. The first-order valence-corrected chi connectivity index (χ1v) is 7.28. The summed E-state index contributed by atoms with van der Waals surface area (Å²) >= 11 is 3.72. The summed E-state index contributed by atoms with van der Waals surface area (Å²) in [6, 6.07) is 4.71. The van der Waals surface area contributed by atoms with E-state index in [0.717, 1.165) is 19.9 Å². The highest BCUT2D eigenvalue weighted by molar-refractivity contribution is 14.1. The molecule has 18 heavy (non-hydrogen) atoms. The van der Waals surface area contributed by atoms with Gasteiger partial charge in [-0.2, -0.15) is 0 Å². The highest BCUT2D eigenvalue weighted by atomic mass is 127. The van der Waals surface area contributed by atoms with Crippen LogP contribution in [0.3, 0.4) is 0 Å². The van der Waals surface area contributed by atoms with E-state index in [9.17, 15) is 4.39 Å². The lowest BCUT2D eigenvalue weighted by atomic mass is 10.3. The largest absolute Gasteiger partial charge is 0.378 e. The molecule has 0 spiro atoms. The molecular formula is C12H9FIN3S. The first-order chi connectivity index (χ1) is 8.72. The second-order valence-corrected chi connectivity index (χ2v) is 5.84. The molecule has 1 N–H and O–H groups in total. The summed E-state index contributed by atoms with van der Waals surface area (Å²) < 4.78 is 15.8. The zero-order valence-electron chi connectivity index (χ0n) is 9.23. The summed E-state index contributed by atoms with van der Waals surface area (Å²) in [4.78, 5) is 5.46. The normalized spacial score (nSPS) is 11.0. The minimum absolute atomic E-state index is 0.215. The van der Waals surface area contributed by atoms with Crippen molar-refractivity contribution in [2.24, 2.45) is 0 Å². The summed E-state index contributed by atoms with van der Waals surface area (Å²) in [7, 11) is 0. The van der Waals surface area contributed by atoms with Crippen molar-refractivity contribution in [2.75, 3.05) is 5.32 Å². The van der Waals surface area contributed by atoms with Crippen molar-refractivity contribution in [3.63, 3.8) is 0 Å². The molecule has 0 radical (unpaired) electrons. The number of nitrogens with zero attached hydrogens (tertiary/aromatic N) is 2. The van der Waals surface area contributed by atoms with Gasteiger partial charge >= 0.3 is 0 Å². The van der Waals surface area contributed by atoms with E-state index >= 15 is 0 Å². The van der Waals surface area contributed by atoms with Crippen molar-refractivity contribution < 1.29 is 4.39 Å². The average Bonchev–Trinajstić information content (AvgIpc) is 2.88. The lowest BCUT2D eigenvalue weighted by molar-refractivity contribution is 0.627. The predicted octanol–water partition coefficient (Wildman–Crippen LogP) is 3.75.